The topological polar surface area (TPSA) is 79.0 Å². The van der Waals surface area contributed by atoms with Crippen molar-refractivity contribution in [2.24, 2.45) is 0 Å². The zero-order valence-electron chi connectivity index (χ0n) is 8.23. The van der Waals surface area contributed by atoms with E-state index in [9.17, 15) is 10.1 Å². The summed E-state index contributed by atoms with van der Waals surface area (Å²) in [7, 11) is 0. The highest BCUT2D eigenvalue weighted by atomic mass is 16.6. The highest BCUT2D eigenvalue weighted by molar-refractivity contribution is 5.78. The molecular weight excluding hydrogens is 194 g/mol. The van der Waals surface area contributed by atoms with E-state index in [4.69, 9.17) is 5.41 Å². The first kappa shape index (κ1) is 10.9. The quantitative estimate of drug-likeness (QED) is 0.343. The van der Waals surface area contributed by atoms with Crippen LogP contribution >= 0.6 is 0 Å². The molecule has 0 aliphatic carbocycles. The van der Waals surface area contributed by atoms with Gasteiger partial charge in [-0.2, -0.15) is 0 Å². The molecular formula is C10H11N3O2. The highest BCUT2D eigenvalue weighted by Gasteiger charge is 2.08. The molecule has 0 saturated carbocycles. The molecule has 1 rings (SSSR count). The van der Waals surface area contributed by atoms with Gasteiger partial charge in [0.1, 0.15) is 0 Å². The van der Waals surface area contributed by atoms with Gasteiger partial charge in [-0.25, -0.2) is 0 Å². The van der Waals surface area contributed by atoms with Crippen molar-refractivity contribution in [3.8, 4) is 0 Å². The normalized spacial score (nSPS) is 10.2. The summed E-state index contributed by atoms with van der Waals surface area (Å²) < 4.78 is 0. The molecule has 0 fully saturated rings. The molecule has 0 atom stereocenters. The van der Waals surface area contributed by atoms with Crippen molar-refractivity contribution in [2.45, 2.75) is 6.92 Å². The summed E-state index contributed by atoms with van der Waals surface area (Å²) in [6, 6.07) is 6.43. The second-order valence-electron chi connectivity index (χ2n) is 2.92. The van der Waals surface area contributed by atoms with Crippen LogP contribution in [0.15, 0.2) is 30.5 Å². The van der Waals surface area contributed by atoms with E-state index < -0.39 is 4.92 Å². The lowest BCUT2D eigenvalue weighted by atomic mass is 10.2. The number of amidine groups is 1. The van der Waals surface area contributed by atoms with E-state index in [-0.39, 0.29) is 11.5 Å². The zero-order chi connectivity index (χ0) is 11.3. The Morgan fingerprint density at radius 2 is 2.20 bits per heavy atom. The Labute approximate surface area is 87.1 Å². The molecule has 0 unspecified atom stereocenters. The van der Waals surface area contributed by atoms with Gasteiger partial charge in [0.25, 0.3) is 5.69 Å². The third-order valence-corrected chi connectivity index (χ3v) is 1.70. The molecule has 5 nitrogen and oxygen atoms in total. The van der Waals surface area contributed by atoms with E-state index in [2.05, 4.69) is 5.32 Å². The van der Waals surface area contributed by atoms with Gasteiger partial charge in [0.2, 0.25) is 0 Å². The molecule has 2 N–H and O–H groups in total. The van der Waals surface area contributed by atoms with Crippen LogP contribution in [0.4, 0.5) is 5.69 Å². The molecule has 0 amide bonds. The molecule has 0 bridgehead atoms. The maximum atomic E-state index is 10.6. The van der Waals surface area contributed by atoms with Crippen LogP contribution in [-0.4, -0.2) is 10.8 Å². The van der Waals surface area contributed by atoms with E-state index in [0.717, 1.165) is 0 Å². The van der Waals surface area contributed by atoms with Crippen LogP contribution in [0.3, 0.4) is 0 Å². The largest absolute Gasteiger partial charge is 0.351 e. The van der Waals surface area contributed by atoms with Crippen molar-refractivity contribution in [1.29, 1.82) is 5.41 Å². The average Bonchev–Trinajstić information content (AvgIpc) is 2.17. The number of nitro groups is 1. The molecule has 5 heteroatoms. The van der Waals surface area contributed by atoms with Gasteiger partial charge in [0.05, 0.1) is 16.3 Å². The van der Waals surface area contributed by atoms with Crippen molar-refractivity contribution in [3.05, 3.63) is 46.1 Å². The molecule has 0 aliphatic rings. The summed E-state index contributed by atoms with van der Waals surface area (Å²) in [5, 5.41) is 20.4. The minimum atomic E-state index is -0.434. The van der Waals surface area contributed by atoms with Crippen molar-refractivity contribution in [3.63, 3.8) is 0 Å². The van der Waals surface area contributed by atoms with Gasteiger partial charge < -0.3 is 5.32 Å². The fourth-order valence-electron chi connectivity index (χ4n) is 1.05. The lowest BCUT2D eigenvalue weighted by Gasteiger charge is -1.97. The SMILES string of the molecule is CC(=N)N/C=C/c1ccccc1[N+](=O)[O-]. The number of nitro benzene ring substituents is 1. The second kappa shape index (κ2) is 4.90. The Hall–Kier alpha value is -2.17. The van der Waals surface area contributed by atoms with Crippen molar-refractivity contribution < 1.29 is 4.92 Å². The van der Waals surface area contributed by atoms with Gasteiger partial charge in [0.15, 0.2) is 0 Å². The number of rotatable bonds is 3. The molecule has 0 aliphatic heterocycles. The van der Waals surface area contributed by atoms with Crippen molar-refractivity contribution >= 4 is 17.6 Å². The van der Waals surface area contributed by atoms with E-state index in [1.165, 1.54) is 12.3 Å². The standard InChI is InChI=1S/C10H11N3O2/c1-8(11)12-7-6-9-4-2-3-5-10(9)13(14)15/h2-7H,1H3,(H2,11,12)/b7-6+. The van der Waals surface area contributed by atoms with Gasteiger partial charge in [-0.05, 0) is 19.1 Å². The number of para-hydroxylation sites is 1. The monoisotopic (exact) mass is 205 g/mol. The van der Waals surface area contributed by atoms with Crippen LogP contribution in [0.1, 0.15) is 12.5 Å². The summed E-state index contributed by atoms with van der Waals surface area (Å²) in [6.07, 6.45) is 3.07. The maximum absolute atomic E-state index is 10.6. The van der Waals surface area contributed by atoms with Crippen molar-refractivity contribution in [1.82, 2.24) is 5.32 Å². The van der Waals surface area contributed by atoms with Crippen LogP contribution in [0.25, 0.3) is 6.08 Å². The molecule has 0 radical (unpaired) electrons. The van der Waals surface area contributed by atoms with Gasteiger partial charge in [0, 0.05) is 12.3 Å². The van der Waals surface area contributed by atoms with Gasteiger partial charge in [-0.1, -0.05) is 12.1 Å². The van der Waals surface area contributed by atoms with Gasteiger partial charge >= 0.3 is 0 Å². The first-order valence-electron chi connectivity index (χ1n) is 4.33. The van der Waals surface area contributed by atoms with E-state index in [1.807, 2.05) is 0 Å². The summed E-state index contributed by atoms with van der Waals surface area (Å²) in [4.78, 5) is 10.2. The van der Waals surface area contributed by atoms with Crippen LogP contribution in [0, 0.1) is 15.5 Å². The van der Waals surface area contributed by atoms with E-state index >= 15 is 0 Å². The fourth-order valence-corrected chi connectivity index (χ4v) is 1.05. The fraction of sp³-hybridized carbons (Fsp3) is 0.100. The Bertz CT molecular complexity index is 413. The number of benzene rings is 1. The van der Waals surface area contributed by atoms with Gasteiger partial charge in [-0.15, -0.1) is 0 Å². The van der Waals surface area contributed by atoms with Crippen LogP contribution in [0.2, 0.25) is 0 Å². The van der Waals surface area contributed by atoms with Crippen LogP contribution < -0.4 is 5.32 Å². The van der Waals surface area contributed by atoms with Crippen LogP contribution in [-0.2, 0) is 0 Å². The number of hydrogen-bond donors (Lipinski definition) is 2. The lowest BCUT2D eigenvalue weighted by Crippen LogP contribution is -2.10. The lowest BCUT2D eigenvalue weighted by molar-refractivity contribution is -0.385. The van der Waals surface area contributed by atoms with E-state index in [1.54, 1.807) is 31.2 Å². The molecule has 0 heterocycles. The average molecular weight is 205 g/mol. The van der Waals surface area contributed by atoms with Crippen LogP contribution in [0.5, 0.6) is 0 Å². The molecule has 0 spiro atoms. The number of nitrogens with one attached hydrogen (secondary N) is 2. The summed E-state index contributed by atoms with van der Waals surface area (Å²) >= 11 is 0. The number of hydrogen-bond acceptors (Lipinski definition) is 3. The van der Waals surface area contributed by atoms with Crippen molar-refractivity contribution in [2.75, 3.05) is 0 Å². The Morgan fingerprint density at radius 1 is 1.53 bits per heavy atom. The smallest absolute Gasteiger partial charge is 0.276 e. The minimum absolute atomic E-state index is 0.0539. The Balaban J connectivity index is 2.89. The third-order valence-electron chi connectivity index (χ3n) is 1.70. The molecule has 78 valence electrons. The molecule has 15 heavy (non-hydrogen) atoms. The first-order valence-corrected chi connectivity index (χ1v) is 4.33. The zero-order valence-corrected chi connectivity index (χ0v) is 8.23. The first-order chi connectivity index (χ1) is 7.11. The minimum Gasteiger partial charge on any atom is -0.351 e. The maximum Gasteiger partial charge on any atom is 0.276 e. The second-order valence-corrected chi connectivity index (χ2v) is 2.92. The third kappa shape index (κ3) is 3.22. The van der Waals surface area contributed by atoms with E-state index in [0.29, 0.717) is 5.56 Å². The Morgan fingerprint density at radius 3 is 2.80 bits per heavy atom. The summed E-state index contributed by atoms with van der Waals surface area (Å²) in [6.45, 7) is 1.59. The molecule has 1 aromatic rings. The number of nitrogens with zero attached hydrogens (tertiary/aromatic N) is 1. The predicted molar refractivity (Wildman–Crippen MR) is 58.7 cm³/mol. The molecule has 1 aromatic carbocycles. The van der Waals surface area contributed by atoms with Gasteiger partial charge in [-0.3, -0.25) is 15.5 Å². The highest BCUT2D eigenvalue weighted by Crippen LogP contribution is 2.18. The molecule has 0 saturated heterocycles. The molecule has 0 aromatic heterocycles. The summed E-state index contributed by atoms with van der Waals surface area (Å²) in [5.41, 5.74) is 0.564. The summed E-state index contributed by atoms with van der Waals surface area (Å²) in [5.74, 6) is 0.282. The predicted octanol–water partition coefficient (Wildman–Crippen LogP) is 2.15. The Kier molecular flexibility index (Phi) is 3.56.